The lowest BCUT2D eigenvalue weighted by Gasteiger charge is -2.10. The van der Waals surface area contributed by atoms with Gasteiger partial charge in [-0.05, 0) is 35.6 Å². The van der Waals surface area contributed by atoms with Gasteiger partial charge in [0.05, 0.1) is 5.52 Å². The predicted octanol–water partition coefficient (Wildman–Crippen LogP) is 5.64. The molecule has 4 rings (SSSR count). The van der Waals surface area contributed by atoms with E-state index in [0.29, 0.717) is 0 Å². The summed E-state index contributed by atoms with van der Waals surface area (Å²) >= 11 is 0. The average Bonchev–Trinajstić information content (AvgIpc) is 2.97. The summed E-state index contributed by atoms with van der Waals surface area (Å²) in [6.07, 6.45) is 7.80. The number of pyridine rings is 1. The smallest absolute Gasteiger partial charge is 0.0780 e. The van der Waals surface area contributed by atoms with Gasteiger partial charge in [0.15, 0.2) is 0 Å². The van der Waals surface area contributed by atoms with Gasteiger partial charge in [0.25, 0.3) is 0 Å². The van der Waals surface area contributed by atoms with Gasteiger partial charge < -0.3 is 0 Å². The molecule has 0 spiro atoms. The molecule has 0 radical (unpaired) electrons. The van der Waals surface area contributed by atoms with E-state index in [1.54, 1.807) is 5.57 Å². The van der Waals surface area contributed by atoms with Crippen LogP contribution in [-0.4, -0.2) is 4.98 Å². The van der Waals surface area contributed by atoms with Gasteiger partial charge in [-0.3, -0.25) is 4.98 Å². The molecule has 1 heteroatoms. The molecular formula is C21H19N. The number of rotatable bonds is 3. The van der Waals surface area contributed by atoms with Crippen molar-refractivity contribution in [3.05, 3.63) is 71.4 Å². The maximum Gasteiger partial charge on any atom is 0.0780 e. The zero-order chi connectivity index (χ0) is 14.9. The van der Waals surface area contributed by atoms with Crippen LogP contribution in [0.15, 0.2) is 60.3 Å². The van der Waals surface area contributed by atoms with Crippen molar-refractivity contribution in [2.75, 3.05) is 0 Å². The topological polar surface area (TPSA) is 12.9 Å². The normalized spacial score (nSPS) is 13.2. The Hall–Kier alpha value is -2.41. The maximum atomic E-state index is 4.62. The lowest BCUT2D eigenvalue weighted by atomic mass is 9.95. The van der Waals surface area contributed by atoms with Gasteiger partial charge in [0.2, 0.25) is 0 Å². The Morgan fingerprint density at radius 1 is 0.955 bits per heavy atom. The summed E-state index contributed by atoms with van der Waals surface area (Å²) in [5.41, 5.74) is 8.05. The zero-order valence-corrected chi connectivity index (χ0v) is 12.8. The number of allylic oxidation sites excluding steroid dienone is 1. The first-order chi connectivity index (χ1) is 10.9. The second-order valence-corrected chi connectivity index (χ2v) is 5.99. The first kappa shape index (κ1) is 13.3. The Kier molecular flexibility index (Phi) is 3.27. The summed E-state index contributed by atoms with van der Waals surface area (Å²) in [7, 11) is 0. The van der Waals surface area contributed by atoms with Crippen LogP contribution < -0.4 is 0 Å². The highest BCUT2D eigenvalue weighted by Gasteiger charge is 2.17. The lowest BCUT2D eigenvalue weighted by molar-refractivity contribution is 0.886. The molecule has 108 valence electrons. The maximum absolute atomic E-state index is 4.62. The molecule has 0 fully saturated rings. The fourth-order valence-electron chi connectivity index (χ4n) is 3.48. The summed E-state index contributed by atoms with van der Waals surface area (Å²) in [5.74, 6) is 0. The van der Waals surface area contributed by atoms with E-state index < -0.39 is 0 Å². The van der Waals surface area contributed by atoms with E-state index in [1.165, 1.54) is 40.5 Å². The molecule has 0 amide bonds. The van der Waals surface area contributed by atoms with Crippen LogP contribution in [-0.2, 0) is 6.42 Å². The number of fused-ring (bicyclic) bond motifs is 2. The molecule has 22 heavy (non-hydrogen) atoms. The SMILES string of the molecule is CCCC1=Cc2c(cccc2-c2cccc3cccnc23)C1. The average molecular weight is 285 g/mol. The standard InChI is InChI=1S/C21H19N/c1-2-6-15-13-17-8-4-10-18(20(17)14-15)19-11-3-7-16-9-5-12-22-21(16)19/h3-5,7-12,14H,2,6,13H2,1H3. The van der Waals surface area contributed by atoms with E-state index in [9.17, 15) is 0 Å². The molecule has 0 aliphatic heterocycles. The van der Waals surface area contributed by atoms with Crippen LogP contribution in [0, 0.1) is 0 Å². The number of hydrogen-bond donors (Lipinski definition) is 0. The van der Waals surface area contributed by atoms with Gasteiger partial charge >= 0.3 is 0 Å². The quantitative estimate of drug-likeness (QED) is 0.606. The summed E-state index contributed by atoms with van der Waals surface area (Å²) in [4.78, 5) is 4.62. The molecule has 3 aromatic rings. The molecule has 1 aromatic heterocycles. The molecular weight excluding hydrogens is 266 g/mol. The van der Waals surface area contributed by atoms with Crippen molar-refractivity contribution >= 4 is 17.0 Å². The van der Waals surface area contributed by atoms with Crippen molar-refractivity contribution in [3.8, 4) is 11.1 Å². The van der Waals surface area contributed by atoms with Gasteiger partial charge in [-0.15, -0.1) is 0 Å². The predicted molar refractivity (Wildman–Crippen MR) is 93.8 cm³/mol. The largest absolute Gasteiger partial charge is 0.256 e. The molecule has 1 heterocycles. The minimum absolute atomic E-state index is 1.09. The minimum atomic E-state index is 1.09. The first-order valence-corrected chi connectivity index (χ1v) is 8.02. The van der Waals surface area contributed by atoms with Crippen LogP contribution in [0.1, 0.15) is 30.9 Å². The Balaban J connectivity index is 1.93. The van der Waals surface area contributed by atoms with Crippen molar-refractivity contribution in [3.63, 3.8) is 0 Å². The Labute approximate surface area is 131 Å². The van der Waals surface area contributed by atoms with E-state index in [2.05, 4.69) is 60.4 Å². The number of aromatic nitrogens is 1. The van der Waals surface area contributed by atoms with Gasteiger partial charge in [-0.1, -0.05) is 67.5 Å². The van der Waals surface area contributed by atoms with Crippen LogP contribution in [0.25, 0.3) is 28.1 Å². The third-order valence-electron chi connectivity index (χ3n) is 4.46. The molecule has 1 aliphatic carbocycles. The van der Waals surface area contributed by atoms with E-state index in [4.69, 9.17) is 0 Å². The number of benzene rings is 2. The second-order valence-electron chi connectivity index (χ2n) is 5.99. The van der Waals surface area contributed by atoms with Crippen LogP contribution in [0.4, 0.5) is 0 Å². The second kappa shape index (κ2) is 5.42. The van der Waals surface area contributed by atoms with Crippen molar-refractivity contribution < 1.29 is 0 Å². The Morgan fingerprint density at radius 2 is 1.77 bits per heavy atom. The monoisotopic (exact) mass is 285 g/mol. The summed E-state index contributed by atoms with van der Waals surface area (Å²) < 4.78 is 0. The molecule has 1 nitrogen and oxygen atoms in total. The van der Waals surface area contributed by atoms with E-state index in [-0.39, 0.29) is 0 Å². The van der Waals surface area contributed by atoms with Crippen molar-refractivity contribution in [2.24, 2.45) is 0 Å². The molecule has 0 N–H and O–H groups in total. The highest BCUT2D eigenvalue weighted by molar-refractivity contribution is 5.96. The molecule has 1 aliphatic rings. The molecule has 0 atom stereocenters. The first-order valence-electron chi connectivity index (χ1n) is 8.02. The number of nitrogens with zero attached hydrogens (tertiary/aromatic N) is 1. The third-order valence-corrected chi connectivity index (χ3v) is 4.46. The lowest BCUT2D eigenvalue weighted by Crippen LogP contribution is -1.90. The Bertz CT molecular complexity index is 869. The molecule has 0 saturated heterocycles. The molecule has 0 saturated carbocycles. The van der Waals surface area contributed by atoms with E-state index in [1.807, 2.05) is 12.3 Å². The van der Waals surface area contributed by atoms with Crippen molar-refractivity contribution in [2.45, 2.75) is 26.2 Å². The third kappa shape index (κ3) is 2.14. The number of hydrogen-bond acceptors (Lipinski definition) is 1. The zero-order valence-electron chi connectivity index (χ0n) is 12.8. The van der Waals surface area contributed by atoms with Gasteiger partial charge in [0, 0.05) is 17.1 Å². The fourth-order valence-corrected chi connectivity index (χ4v) is 3.48. The summed E-state index contributed by atoms with van der Waals surface area (Å²) in [5, 5.41) is 1.20. The van der Waals surface area contributed by atoms with E-state index in [0.717, 1.165) is 11.9 Å². The van der Waals surface area contributed by atoms with E-state index >= 15 is 0 Å². The van der Waals surface area contributed by atoms with Crippen LogP contribution in [0.2, 0.25) is 0 Å². The summed E-state index contributed by atoms with van der Waals surface area (Å²) in [6, 6.07) is 17.3. The van der Waals surface area contributed by atoms with Crippen molar-refractivity contribution in [1.29, 1.82) is 0 Å². The van der Waals surface area contributed by atoms with Gasteiger partial charge in [0.1, 0.15) is 0 Å². The minimum Gasteiger partial charge on any atom is -0.256 e. The molecule has 0 unspecified atom stereocenters. The van der Waals surface area contributed by atoms with Gasteiger partial charge in [-0.25, -0.2) is 0 Å². The van der Waals surface area contributed by atoms with Crippen LogP contribution >= 0.6 is 0 Å². The Morgan fingerprint density at radius 3 is 2.68 bits per heavy atom. The highest BCUT2D eigenvalue weighted by Crippen LogP contribution is 2.37. The van der Waals surface area contributed by atoms with Crippen molar-refractivity contribution in [1.82, 2.24) is 4.98 Å². The highest BCUT2D eigenvalue weighted by atomic mass is 14.6. The fraction of sp³-hybridized carbons (Fsp3) is 0.190. The van der Waals surface area contributed by atoms with Gasteiger partial charge in [-0.2, -0.15) is 0 Å². The number of para-hydroxylation sites is 1. The molecule has 0 bridgehead atoms. The van der Waals surface area contributed by atoms with Crippen LogP contribution in [0.3, 0.4) is 0 Å². The van der Waals surface area contributed by atoms with Crippen LogP contribution in [0.5, 0.6) is 0 Å². The summed E-state index contributed by atoms with van der Waals surface area (Å²) in [6.45, 7) is 2.25. The molecule has 2 aromatic carbocycles.